The highest BCUT2D eigenvalue weighted by Gasteiger charge is 2.37. The van der Waals surface area contributed by atoms with Crippen molar-refractivity contribution in [3.63, 3.8) is 0 Å². The van der Waals surface area contributed by atoms with Gasteiger partial charge in [-0.1, -0.05) is 63.3 Å². The van der Waals surface area contributed by atoms with Crippen LogP contribution in [0.2, 0.25) is 18.1 Å². The fourth-order valence-electron chi connectivity index (χ4n) is 2.62. The molecular weight excluding hydrogens is 324 g/mol. The summed E-state index contributed by atoms with van der Waals surface area (Å²) in [6.45, 7) is 14.1. The fourth-order valence-corrected chi connectivity index (χ4v) is 3.70. The minimum Gasteiger partial charge on any atom is -0.417 e. The minimum atomic E-state index is -1.57. The molecule has 2 unspecified atom stereocenters. The molecule has 2 rings (SSSR count). The molecule has 0 bridgehead atoms. The number of hydrogen-bond acceptors (Lipinski definition) is 2. The minimum absolute atomic E-state index is 0.309. The van der Waals surface area contributed by atoms with Gasteiger partial charge in [0.25, 0.3) is 0 Å². The van der Waals surface area contributed by atoms with Gasteiger partial charge in [-0.25, -0.2) is 0 Å². The summed E-state index contributed by atoms with van der Waals surface area (Å²) in [4.78, 5) is 0. The van der Waals surface area contributed by atoms with Crippen molar-refractivity contribution < 1.29 is 9.16 Å². The molecule has 0 saturated heterocycles. The predicted octanol–water partition coefficient (Wildman–Crippen LogP) is 6.20. The van der Waals surface area contributed by atoms with Crippen molar-refractivity contribution in [2.45, 2.75) is 64.8 Å². The van der Waals surface area contributed by atoms with E-state index < -0.39 is 8.32 Å². The molecule has 0 radical (unpaired) electrons. The van der Waals surface area contributed by atoms with Gasteiger partial charge in [-0.3, -0.25) is 0 Å². The van der Waals surface area contributed by atoms with Crippen molar-refractivity contribution in [2.75, 3.05) is 13.2 Å². The van der Waals surface area contributed by atoms with Crippen LogP contribution in [0.4, 0.5) is 0 Å². The molecule has 0 aromatic heterocycles. The summed E-state index contributed by atoms with van der Waals surface area (Å²) in [6.07, 6.45) is 8.28. The van der Waals surface area contributed by atoms with Gasteiger partial charge in [-0.2, -0.15) is 0 Å². The lowest BCUT2D eigenvalue weighted by Gasteiger charge is -2.36. The molecule has 25 heavy (non-hydrogen) atoms. The highest BCUT2D eigenvalue weighted by molar-refractivity contribution is 6.74. The largest absolute Gasteiger partial charge is 0.417 e. The van der Waals surface area contributed by atoms with Crippen LogP contribution in [-0.2, 0) is 15.8 Å². The van der Waals surface area contributed by atoms with E-state index in [0.29, 0.717) is 5.04 Å². The molecule has 1 aliphatic carbocycles. The van der Waals surface area contributed by atoms with Crippen LogP contribution in [-0.4, -0.2) is 21.5 Å². The molecule has 3 heteroatoms. The third-order valence-electron chi connectivity index (χ3n) is 5.59. The Hall–Kier alpha value is -0.903. The van der Waals surface area contributed by atoms with Crippen molar-refractivity contribution in [2.24, 2.45) is 11.8 Å². The SMILES string of the molecule is CC(C)(C)[Si](C)(C)OCCC/C=C/C1CC1COCc1ccccc1. The number of ether oxygens (including phenoxy) is 1. The average Bonchev–Trinajstić information content (AvgIpc) is 3.29. The molecule has 0 amide bonds. The molecule has 140 valence electrons. The van der Waals surface area contributed by atoms with Crippen LogP contribution >= 0.6 is 0 Å². The molecule has 1 fully saturated rings. The Labute approximate surface area is 155 Å². The quantitative estimate of drug-likeness (QED) is 0.281. The van der Waals surface area contributed by atoms with Crippen LogP contribution in [0.25, 0.3) is 0 Å². The van der Waals surface area contributed by atoms with E-state index in [0.717, 1.165) is 44.5 Å². The number of rotatable bonds is 10. The zero-order chi connectivity index (χ0) is 18.3. The molecule has 0 aliphatic heterocycles. The molecule has 0 N–H and O–H groups in total. The summed E-state index contributed by atoms with van der Waals surface area (Å²) in [6, 6.07) is 10.4. The molecule has 0 spiro atoms. The van der Waals surface area contributed by atoms with Gasteiger partial charge in [-0.05, 0) is 54.8 Å². The van der Waals surface area contributed by atoms with E-state index in [1.54, 1.807) is 0 Å². The average molecular weight is 361 g/mol. The second-order valence-electron chi connectivity index (χ2n) is 8.84. The zero-order valence-electron chi connectivity index (χ0n) is 16.8. The Balaban J connectivity index is 1.51. The lowest BCUT2D eigenvalue weighted by atomic mass is 10.2. The Kier molecular flexibility index (Phi) is 7.47. The number of hydrogen-bond donors (Lipinski definition) is 0. The molecule has 2 nitrogen and oxygen atoms in total. The highest BCUT2D eigenvalue weighted by Crippen LogP contribution is 2.40. The van der Waals surface area contributed by atoms with E-state index in [4.69, 9.17) is 9.16 Å². The lowest BCUT2D eigenvalue weighted by Crippen LogP contribution is -2.40. The number of unbranched alkanes of at least 4 members (excludes halogenated alkanes) is 1. The molecule has 1 saturated carbocycles. The van der Waals surface area contributed by atoms with Crippen molar-refractivity contribution in [1.82, 2.24) is 0 Å². The van der Waals surface area contributed by atoms with E-state index in [1.165, 1.54) is 12.0 Å². The number of allylic oxidation sites excluding steroid dienone is 2. The van der Waals surface area contributed by atoms with Gasteiger partial charge in [0.15, 0.2) is 8.32 Å². The monoisotopic (exact) mass is 360 g/mol. The Morgan fingerprint density at radius 3 is 2.56 bits per heavy atom. The first kappa shape index (κ1) is 20.4. The van der Waals surface area contributed by atoms with Gasteiger partial charge in [-0.15, -0.1) is 0 Å². The summed E-state index contributed by atoms with van der Waals surface area (Å²) in [5.74, 6) is 1.46. The maximum absolute atomic E-state index is 6.22. The van der Waals surface area contributed by atoms with Crippen LogP contribution in [0.1, 0.15) is 45.6 Å². The Morgan fingerprint density at radius 2 is 1.88 bits per heavy atom. The Bertz CT molecular complexity index is 531. The predicted molar refractivity (Wildman–Crippen MR) is 109 cm³/mol. The van der Waals surface area contributed by atoms with Gasteiger partial charge in [0, 0.05) is 6.61 Å². The summed E-state index contributed by atoms with van der Waals surface area (Å²) in [7, 11) is -1.57. The zero-order valence-corrected chi connectivity index (χ0v) is 17.8. The molecule has 2 atom stereocenters. The third kappa shape index (κ3) is 7.08. The summed E-state index contributed by atoms with van der Waals surface area (Å²) >= 11 is 0. The summed E-state index contributed by atoms with van der Waals surface area (Å²) in [5.41, 5.74) is 1.26. The van der Waals surface area contributed by atoms with Crippen LogP contribution in [0, 0.1) is 11.8 Å². The highest BCUT2D eigenvalue weighted by atomic mass is 28.4. The van der Waals surface area contributed by atoms with Crippen LogP contribution in [0.5, 0.6) is 0 Å². The van der Waals surface area contributed by atoms with E-state index >= 15 is 0 Å². The number of benzene rings is 1. The fraction of sp³-hybridized carbons (Fsp3) is 0.636. The van der Waals surface area contributed by atoms with Gasteiger partial charge < -0.3 is 9.16 Å². The van der Waals surface area contributed by atoms with Gasteiger partial charge >= 0.3 is 0 Å². The van der Waals surface area contributed by atoms with E-state index in [2.05, 4.69) is 70.3 Å². The lowest BCUT2D eigenvalue weighted by molar-refractivity contribution is 0.109. The van der Waals surface area contributed by atoms with Crippen LogP contribution < -0.4 is 0 Å². The topological polar surface area (TPSA) is 18.5 Å². The van der Waals surface area contributed by atoms with Gasteiger partial charge in [0.2, 0.25) is 0 Å². The van der Waals surface area contributed by atoms with Crippen molar-refractivity contribution in [1.29, 1.82) is 0 Å². The molecule has 1 aromatic rings. The van der Waals surface area contributed by atoms with Crippen molar-refractivity contribution in [3.8, 4) is 0 Å². The van der Waals surface area contributed by atoms with Crippen molar-refractivity contribution in [3.05, 3.63) is 48.0 Å². The molecule has 0 heterocycles. The molecule has 1 aliphatic rings. The normalized spacial score (nSPS) is 21.0. The third-order valence-corrected chi connectivity index (χ3v) is 10.1. The smallest absolute Gasteiger partial charge is 0.191 e. The van der Waals surface area contributed by atoms with Crippen molar-refractivity contribution >= 4 is 8.32 Å². The van der Waals surface area contributed by atoms with E-state index in [9.17, 15) is 0 Å². The maximum Gasteiger partial charge on any atom is 0.191 e. The van der Waals surface area contributed by atoms with E-state index in [-0.39, 0.29) is 0 Å². The molecule has 1 aromatic carbocycles. The van der Waals surface area contributed by atoms with E-state index in [1.807, 2.05) is 6.07 Å². The van der Waals surface area contributed by atoms with Crippen LogP contribution in [0.3, 0.4) is 0 Å². The second kappa shape index (κ2) is 9.16. The van der Waals surface area contributed by atoms with Gasteiger partial charge in [0.1, 0.15) is 0 Å². The Morgan fingerprint density at radius 1 is 1.16 bits per heavy atom. The second-order valence-corrected chi connectivity index (χ2v) is 13.6. The first-order chi connectivity index (χ1) is 11.8. The maximum atomic E-state index is 6.22. The summed E-state index contributed by atoms with van der Waals surface area (Å²) < 4.78 is 12.1. The standard InChI is InChI=1S/C22H36O2Si/c1-22(2,3)25(4,5)24-15-11-7-10-14-20-16-21(20)18-23-17-19-12-8-6-9-13-19/h6,8-10,12-14,20-21H,7,11,15-18H2,1-5H3/b14-10+. The van der Waals surface area contributed by atoms with Gasteiger partial charge in [0.05, 0.1) is 13.2 Å². The summed E-state index contributed by atoms with van der Waals surface area (Å²) in [5, 5.41) is 0.309. The first-order valence-corrected chi connectivity index (χ1v) is 12.6. The van der Waals surface area contributed by atoms with Crippen LogP contribution in [0.15, 0.2) is 42.5 Å². The first-order valence-electron chi connectivity index (χ1n) is 9.72. The molecular formula is C22H36O2Si.